The summed E-state index contributed by atoms with van der Waals surface area (Å²) in [6, 6.07) is 9.12. The monoisotopic (exact) mass is 375 g/mol. The summed E-state index contributed by atoms with van der Waals surface area (Å²) >= 11 is 1.21. The van der Waals surface area contributed by atoms with Crippen molar-refractivity contribution in [2.45, 2.75) is 31.3 Å². The molecule has 2 aromatic rings. The standard InChI is InChI=1S/C18H25N5O2S/c1-18(2,3)15-19-16(23(20-15)17(25)21(4)5)26-12-14(24)22(6)13-10-8-7-9-11-13/h7-11H,12H2,1-6H3. The number of anilines is 1. The van der Waals surface area contributed by atoms with Gasteiger partial charge in [-0.1, -0.05) is 50.7 Å². The van der Waals surface area contributed by atoms with Crippen LogP contribution >= 0.6 is 11.8 Å². The van der Waals surface area contributed by atoms with Crippen molar-refractivity contribution in [1.82, 2.24) is 19.7 Å². The SMILES string of the molecule is CN(C)C(=O)n1nc(C(C)(C)C)nc1SCC(=O)N(C)c1ccccc1. The molecule has 1 heterocycles. The van der Waals surface area contributed by atoms with Crippen LogP contribution in [0.15, 0.2) is 35.5 Å². The first-order valence-electron chi connectivity index (χ1n) is 8.25. The fourth-order valence-electron chi connectivity index (χ4n) is 2.04. The second kappa shape index (κ2) is 7.90. The number of para-hydroxylation sites is 1. The van der Waals surface area contributed by atoms with Crippen molar-refractivity contribution in [2.24, 2.45) is 0 Å². The quantitative estimate of drug-likeness (QED) is 0.769. The van der Waals surface area contributed by atoms with E-state index in [1.165, 1.54) is 21.3 Å². The summed E-state index contributed by atoms with van der Waals surface area (Å²) in [5.41, 5.74) is 0.525. The highest BCUT2D eigenvalue weighted by atomic mass is 32.2. The Kier molecular flexibility index (Phi) is 6.07. The lowest BCUT2D eigenvalue weighted by Gasteiger charge is -2.17. The van der Waals surface area contributed by atoms with Crippen molar-refractivity contribution < 1.29 is 9.59 Å². The van der Waals surface area contributed by atoms with Crippen molar-refractivity contribution in [1.29, 1.82) is 0 Å². The van der Waals surface area contributed by atoms with Gasteiger partial charge in [-0.05, 0) is 12.1 Å². The highest BCUT2D eigenvalue weighted by Crippen LogP contribution is 2.24. The Balaban J connectivity index is 2.19. The van der Waals surface area contributed by atoms with Crippen LogP contribution in [0.25, 0.3) is 0 Å². The Morgan fingerprint density at radius 3 is 2.27 bits per heavy atom. The van der Waals surface area contributed by atoms with Crippen LogP contribution in [-0.4, -0.2) is 58.5 Å². The molecule has 2 rings (SSSR count). The second-order valence-electron chi connectivity index (χ2n) is 7.13. The molecule has 0 aliphatic heterocycles. The van der Waals surface area contributed by atoms with Crippen LogP contribution in [0.1, 0.15) is 26.6 Å². The molecule has 7 nitrogen and oxygen atoms in total. The molecular formula is C18H25N5O2S. The Hall–Kier alpha value is -2.35. The molecule has 1 aromatic carbocycles. The maximum absolute atomic E-state index is 12.5. The lowest BCUT2D eigenvalue weighted by atomic mass is 9.96. The van der Waals surface area contributed by atoms with Crippen molar-refractivity contribution >= 4 is 29.4 Å². The number of amides is 2. The third kappa shape index (κ3) is 4.63. The van der Waals surface area contributed by atoms with E-state index >= 15 is 0 Å². The van der Waals surface area contributed by atoms with Crippen LogP contribution in [-0.2, 0) is 10.2 Å². The van der Waals surface area contributed by atoms with Crippen LogP contribution in [0.4, 0.5) is 10.5 Å². The average molecular weight is 375 g/mol. The summed E-state index contributed by atoms with van der Waals surface area (Å²) < 4.78 is 1.26. The van der Waals surface area contributed by atoms with E-state index in [0.717, 1.165) is 5.69 Å². The summed E-state index contributed by atoms with van der Waals surface area (Å²) in [4.78, 5) is 32.4. The van der Waals surface area contributed by atoms with Gasteiger partial charge in [-0.25, -0.2) is 9.78 Å². The summed E-state index contributed by atoms with van der Waals surface area (Å²) in [6.07, 6.45) is 0. The number of nitrogens with zero attached hydrogens (tertiary/aromatic N) is 5. The van der Waals surface area contributed by atoms with Crippen LogP contribution in [0.5, 0.6) is 0 Å². The second-order valence-corrected chi connectivity index (χ2v) is 8.08. The minimum absolute atomic E-state index is 0.0784. The highest BCUT2D eigenvalue weighted by molar-refractivity contribution is 7.99. The molecule has 0 spiro atoms. The van der Waals surface area contributed by atoms with Crippen molar-refractivity contribution in [2.75, 3.05) is 31.8 Å². The van der Waals surface area contributed by atoms with E-state index in [1.54, 1.807) is 26.0 Å². The Labute approximate surface area is 158 Å². The lowest BCUT2D eigenvalue weighted by Crippen LogP contribution is -2.30. The van der Waals surface area contributed by atoms with Crippen LogP contribution in [0, 0.1) is 0 Å². The predicted molar refractivity (Wildman–Crippen MR) is 104 cm³/mol. The van der Waals surface area contributed by atoms with E-state index < -0.39 is 0 Å². The number of aromatic nitrogens is 3. The molecule has 0 saturated carbocycles. The molecular weight excluding hydrogens is 350 g/mol. The summed E-state index contributed by atoms with van der Waals surface area (Å²) in [5.74, 6) is 0.651. The largest absolute Gasteiger partial charge is 0.346 e. The Morgan fingerprint density at radius 1 is 1.12 bits per heavy atom. The molecule has 2 amide bonds. The number of carbonyl (C=O) groups excluding carboxylic acids is 2. The minimum atomic E-state index is -0.294. The first kappa shape index (κ1) is 20.0. The Bertz CT molecular complexity index is 781. The molecule has 26 heavy (non-hydrogen) atoms. The molecule has 1 aromatic heterocycles. The first-order valence-corrected chi connectivity index (χ1v) is 9.23. The molecule has 140 valence electrons. The van der Waals surface area contributed by atoms with Gasteiger partial charge in [0, 0.05) is 32.2 Å². The van der Waals surface area contributed by atoms with Crippen LogP contribution in [0.3, 0.4) is 0 Å². The zero-order valence-corrected chi connectivity index (χ0v) is 16.9. The van der Waals surface area contributed by atoms with Gasteiger partial charge in [0.25, 0.3) is 0 Å². The van der Waals surface area contributed by atoms with E-state index in [1.807, 2.05) is 51.1 Å². The van der Waals surface area contributed by atoms with E-state index in [2.05, 4.69) is 10.1 Å². The van der Waals surface area contributed by atoms with Gasteiger partial charge in [-0.2, -0.15) is 4.68 Å². The first-order chi connectivity index (χ1) is 12.1. The van der Waals surface area contributed by atoms with Gasteiger partial charge < -0.3 is 9.80 Å². The fourth-order valence-corrected chi connectivity index (χ4v) is 2.88. The van der Waals surface area contributed by atoms with Crippen LogP contribution < -0.4 is 4.90 Å². The smallest absolute Gasteiger partial charge is 0.329 e. The van der Waals surface area contributed by atoms with Crippen molar-refractivity contribution in [3.8, 4) is 0 Å². The molecule has 0 fully saturated rings. The molecule has 0 aliphatic carbocycles. The summed E-state index contributed by atoms with van der Waals surface area (Å²) in [5, 5.41) is 4.77. The normalized spacial score (nSPS) is 11.3. The predicted octanol–water partition coefficient (Wildman–Crippen LogP) is 2.86. The number of carbonyl (C=O) groups is 2. The Morgan fingerprint density at radius 2 is 1.73 bits per heavy atom. The average Bonchev–Trinajstić information content (AvgIpc) is 3.03. The minimum Gasteiger partial charge on any atom is -0.329 e. The third-order valence-electron chi connectivity index (χ3n) is 3.65. The zero-order chi connectivity index (χ0) is 19.5. The van der Waals surface area contributed by atoms with Gasteiger partial charge in [0.2, 0.25) is 5.91 Å². The molecule has 0 atom stereocenters. The molecule has 0 bridgehead atoms. The topological polar surface area (TPSA) is 71.3 Å². The van der Waals surface area contributed by atoms with Gasteiger partial charge in [-0.15, -0.1) is 5.10 Å². The van der Waals surface area contributed by atoms with E-state index in [0.29, 0.717) is 11.0 Å². The zero-order valence-electron chi connectivity index (χ0n) is 16.1. The molecule has 0 radical (unpaired) electrons. The molecule has 0 N–H and O–H groups in total. The van der Waals surface area contributed by atoms with Gasteiger partial charge in [0.1, 0.15) is 0 Å². The fraction of sp³-hybridized carbons (Fsp3) is 0.444. The summed E-state index contributed by atoms with van der Waals surface area (Å²) in [7, 11) is 5.04. The number of hydrogen-bond donors (Lipinski definition) is 0. The van der Waals surface area contributed by atoms with E-state index in [9.17, 15) is 9.59 Å². The molecule has 0 saturated heterocycles. The highest BCUT2D eigenvalue weighted by Gasteiger charge is 2.26. The molecule has 0 unspecified atom stereocenters. The number of thioether (sulfide) groups is 1. The molecule has 8 heteroatoms. The van der Waals surface area contributed by atoms with Gasteiger partial charge in [0.15, 0.2) is 11.0 Å². The number of hydrogen-bond acceptors (Lipinski definition) is 5. The molecule has 0 aliphatic rings. The van der Waals surface area contributed by atoms with E-state index in [4.69, 9.17) is 0 Å². The van der Waals surface area contributed by atoms with Gasteiger partial charge >= 0.3 is 6.03 Å². The maximum atomic E-state index is 12.5. The van der Waals surface area contributed by atoms with Crippen molar-refractivity contribution in [3.05, 3.63) is 36.2 Å². The van der Waals surface area contributed by atoms with E-state index in [-0.39, 0.29) is 23.1 Å². The third-order valence-corrected chi connectivity index (χ3v) is 4.57. The number of rotatable bonds is 4. The lowest BCUT2D eigenvalue weighted by molar-refractivity contribution is -0.115. The van der Waals surface area contributed by atoms with Gasteiger partial charge in [0.05, 0.1) is 5.75 Å². The van der Waals surface area contributed by atoms with Crippen LogP contribution in [0.2, 0.25) is 0 Å². The maximum Gasteiger partial charge on any atom is 0.346 e. The number of benzene rings is 1. The van der Waals surface area contributed by atoms with Gasteiger partial charge in [-0.3, -0.25) is 4.79 Å². The summed E-state index contributed by atoms with van der Waals surface area (Å²) in [6.45, 7) is 5.95. The van der Waals surface area contributed by atoms with Crippen molar-refractivity contribution in [3.63, 3.8) is 0 Å².